The number of anilines is 1. The quantitative estimate of drug-likeness (QED) is 0.698. The molecular formula is C18H17F2N3O. The molecular weight excluding hydrogens is 312 g/mol. The number of halogens is 2. The minimum absolute atomic E-state index is 0.320. The molecule has 0 saturated carbocycles. The Hall–Kier alpha value is -2.76. The van der Waals surface area contributed by atoms with E-state index in [2.05, 4.69) is 10.1 Å². The third kappa shape index (κ3) is 3.42. The van der Waals surface area contributed by atoms with Gasteiger partial charge in [0.2, 0.25) is 11.7 Å². The van der Waals surface area contributed by atoms with Gasteiger partial charge in [0.05, 0.1) is 6.54 Å². The van der Waals surface area contributed by atoms with Gasteiger partial charge in [-0.1, -0.05) is 28.9 Å². The van der Waals surface area contributed by atoms with Crippen LogP contribution in [-0.2, 0) is 6.54 Å². The van der Waals surface area contributed by atoms with E-state index in [1.54, 1.807) is 0 Å². The topological polar surface area (TPSA) is 42.2 Å². The van der Waals surface area contributed by atoms with Gasteiger partial charge in [0.25, 0.3) is 0 Å². The van der Waals surface area contributed by atoms with Crippen molar-refractivity contribution in [2.24, 2.45) is 0 Å². The molecule has 0 spiro atoms. The molecule has 6 heteroatoms. The number of rotatable bonds is 5. The van der Waals surface area contributed by atoms with Gasteiger partial charge in [0, 0.05) is 23.9 Å². The zero-order chi connectivity index (χ0) is 17.1. The third-order valence-corrected chi connectivity index (χ3v) is 3.72. The smallest absolute Gasteiger partial charge is 0.246 e. The summed E-state index contributed by atoms with van der Waals surface area (Å²) >= 11 is 0. The molecule has 0 aliphatic heterocycles. The van der Waals surface area contributed by atoms with Gasteiger partial charge in [-0.2, -0.15) is 4.98 Å². The summed E-state index contributed by atoms with van der Waals surface area (Å²) in [6.07, 6.45) is 0. The molecule has 0 fully saturated rings. The van der Waals surface area contributed by atoms with Gasteiger partial charge in [0.1, 0.15) is 0 Å². The Bertz CT molecular complexity index is 848. The summed E-state index contributed by atoms with van der Waals surface area (Å²) in [6.45, 7) is 4.82. The molecule has 0 bridgehead atoms. The number of hydrogen-bond acceptors (Lipinski definition) is 4. The molecule has 0 aliphatic rings. The molecule has 3 rings (SSSR count). The Labute approximate surface area is 138 Å². The summed E-state index contributed by atoms with van der Waals surface area (Å²) in [5.41, 5.74) is 2.54. The molecule has 2 aromatic carbocycles. The van der Waals surface area contributed by atoms with Crippen LogP contribution in [0.3, 0.4) is 0 Å². The molecule has 0 aliphatic carbocycles. The van der Waals surface area contributed by atoms with Gasteiger partial charge in [-0.25, -0.2) is 8.78 Å². The first-order valence-electron chi connectivity index (χ1n) is 7.66. The Morgan fingerprint density at radius 1 is 1.08 bits per heavy atom. The van der Waals surface area contributed by atoms with E-state index in [0.29, 0.717) is 30.5 Å². The lowest BCUT2D eigenvalue weighted by molar-refractivity contribution is 0.377. The highest BCUT2D eigenvalue weighted by Gasteiger charge is 2.14. The lowest BCUT2D eigenvalue weighted by atomic mass is 10.1. The Morgan fingerprint density at radius 2 is 1.92 bits per heavy atom. The van der Waals surface area contributed by atoms with Crippen molar-refractivity contribution in [2.75, 3.05) is 11.4 Å². The fourth-order valence-corrected chi connectivity index (χ4v) is 2.45. The lowest BCUT2D eigenvalue weighted by Crippen LogP contribution is -2.22. The van der Waals surface area contributed by atoms with Gasteiger partial charge in [-0.05, 0) is 32.0 Å². The van der Waals surface area contributed by atoms with E-state index in [1.165, 1.54) is 6.07 Å². The molecule has 124 valence electrons. The molecule has 0 radical (unpaired) electrons. The molecule has 0 amide bonds. The molecule has 4 nitrogen and oxygen atoms in total. The standard InChI is InChI=1S/C18H17F2N3O/c1-3-23(14-7-8-15(19)16(20)10-14)11-17-21-18(22-24-17)13-6-4-5-12(2)9-13/h4-10H,3,11H2,1-2H3. The van der Waals surface area contributed by atoms with Crippen LogP contribution < -0.4 is 4.90 Å². The third-order valence-electron chi connectivity index (χ3n) is 3.72. The van der Waals surface area contributed by atoms with Crippen LogP contribution in [0.5, 0.6) is 0 Å². The van der Waals surface area contributed by atoms with Crippen molar-refractivity contribution in [3.8, 4) is 11.4 Å². The van der Waals surface area contributed by atoms with Crippen molar-refractivity contribution in [3.63, 3.8) is 0 Å². The second kappa shape index (κ2) is 6.78. The number of hydrogen-bond donors (Lipinski definition) is 0. The summed E-state index contributed by atoms with van der Waals surface area (Å²) in [5, 5.41) is 3.99. The number of nitrogens with zero attached hydrogens (tertiary/aromatic N) is 3. The minimum Gasteiger partial charge on any atom is -0.362 e. The zero-order valence-electron chi connectivity index (χ0n) is 13.5. The highest BCUT2D eigenvalue weighted by Crippen LogP contribution is 2.21. The highest BCUT2D eigenvalue weighted by molar-refractivity contribution is 5.55. The van der Waals surface area contributed by atoms with Crippen LogP contribution in [-0.4, -0.2) is 16.7 Å². The van der Waals surface area contributed by atoms with Crippen LogP contribution in [0.1, 0.15) is 18.4 Å². The Morgan fingerprint density at radius 3 is 2.62 bits per heavy atom. The summed E-state index contributed by atoms with van der Waals surface area (Å²) in [7, 11) is 0. The molecule has 0 unspecified atom stereocenters. The maximum Gasteiger partial charge on any atom is 0.246 e. The Kier molecular flexibility index (Phi) is 4.55. The average molecular weight is 329 g/mol. The van der Waals surface area contributed by atoms with E-state index >= 15 is 0 Å². The van der Waals surface area contributed by atoms with Crippen molar-refractivity contribution in [1.82, 2.24) is 10.1 Å². The molecule has 1 aromatic heterocycles. The predicted octanol–water partition coefficient (Wildman–Crippen LogP) is 4.35. The van der Waals surface area contributed by atoms with Crippen LogP contribution >= 0.6 is 0 Å². The van der Waals surface area contributed by atoms with Gasteiger partial charge in [-0.15, -0.1) is 0 Å². The first-order valence-corrected chi connectivity index (χ1v) is 7.66. The largest absolute Gasteiger partial charge is 0.362 e. The second-order valence-corrected chi connectivity index (χ2v) is 5.49. The molecule has 0 N–H and O–H groups in total. The SMILES string of the molecule is CCN(Cc1nc(-c2cccc(C)c2)no1)c1ccc(F)c(F)c1. The first kappa shape index (κ1) is 16.1. The van der Waals surface area contributed by atoms with Gasteiger partial charge >= 0.3 is 0 Å². The molecule has 0 atom stereocenters. The first-order chi connectivity index (χ1) is 11.6. The maximum absolute atomic E-state index is 13.4. The van der Waals surface area contributed by atoms with Gasteiger partial charge in [0.15, 0.2) is 11.6 Å². The fraction of sp³-hybridized carbons (Fsp3) is 0.222. The molecule has 1 heterocycles. The normalized spacial score (nSPS) is 10.8. The Balaban J connectivity index is 1.80. The van der Waals surface area contributed by atoms with E-state index in [4.69, 9.17) is 4.52 Å². The minimum atomic E-state index is -0.878. The average Bonchev–Trinajstić information content (AvgIpc) is 3.04. The highest BCUT2D eigenvalue weighted by atomic mass is 19.2. The van der Waals surface area contributed by atoms with E-state index in [0.717, 1.165) is 23.3 Å². The van der Waals surface area contributed by atoms with Crippen molar-refractivity contribution in [2.45, 2.75) is 20.4 Å². The zero-order valence-corrected chi connectivity index (χ0v) is 13.5. The summed E-state index contributed by atoms with van der Waals surface area (Å²) in [6, 6.07) is 11.6. The second-order valence-electron chi connectivity index (χ2n) is 5.49. The van der Waals surface area contributed by atoms with E-state index in [1.807, 2.05) is 43.0 Å². The van der Waals surface area contributed by atoms with Gasteiger partial charge in [-0.3, -0.25) is 0 Å². The fourth-order valence-electron chi connectivity index (χ4n) is 2.45. The molecule has 3 aromatic rings. The lowest BCUT2D eigenvalue weighted by Gasteiger charge is -2.21. The number of benzene rings is 2. The monoisotopic (exact) mass is 329 g/mol. The van der Waals surface area contributed by atoms with E-state index < -0.39 is 11.6 Å². The summed E-state index contributed by atoms with van der Waals surface area (Å²) in [5.74, 6) is -0.820. The van der Waals surface area contributed by atoms with Crippen LogP contribution in [0.4, 0.5) is 14.5 Å². The van der Waals surface area contributed by atoms with Crippen molar-refractivity contribution in [1.29, 1.82) is 0 Å². The van der Waals surface area contributed by atoms with E-state index in [9.17, 15) is 8.78 Å². The van der Waals surface area contributed by atoms with Gasteiger partial charge < -0.3 is 9.42 Å². The number of aryl methyl sites for hydroxylation is 1. The predicted molar refractivity (Wildman–Crippen MR) is 87.6 cm³/mol. The van der Waals surface area contributed by atoms with Crippen molar-refractivity contribution >= 4 is 5.69 Å². The van der Waals surface area contributed by atoms with Crippen LogP contribution in [0, 0.1) is 18.6 Å². The molecule has 24 heavy (non-hydrogen) atoms. The van der Waals surface area contributed by atoms with Crippen LogP contribution in [0.2, 0.25) is 0 Å². The van der Waals surface area contributed by atoms with Crippen LogP contribution in [0.15, 0.2) is 47.0 Å². The summed E-state index contributed by atoms with van der Waals surface area (Å²) < 4.78 is 31.8. The van der Waals surface area contributed by atoms with Crippen LogP contribution in [0.25, 0.3) is 11.4 Å². The maximum atomic E-state index is 13.4. The van der Waals surface area contributed by atoms with Crippen molar-refractivity contribution in [3.05, 3.63) is 65.6 Å². The summed E-state index contributed by atoms with van der Waals surface area (Å²) in [4.78, 5) is 6.22. The number of aromatic nitrogens is 2. The van der Waals surface area contributed by atoms with E-state index in [-0.39, 0.29) is 0 Å². The molecule has 0 saturated heterocycles. The van der Waals surface area contributed by atoms with Crippen molar-refractivity contribution < 1.29 is 13.3 Å².